The summed E-state index contributed by atoms with van der Waals surface area (Å²) in [7, 11) is 0. The van der Waals surface area contributed by atoms with Crippen LogP contribution in [-0.2, 0) is 0 Å². The van der Waals surface area contributed by atoms with Gasteiger partial charge in [-0.25, -0.2) is 0 Å². The highest BCUT2D eigenvalue weighted by molar-refractivity contribution is 5.10. The minimum atomic E-state index is 1.17. The quantitative estimate of drug-likeness (QED) is 0.206. The molecule has 0 spiro atoms. The van der Waals surface area contributed by atoms with Crippen LogP contribution in [0.25, 0.3) is 0 Å². The van der Waals surface area contributed by atoms with Gasteiger partial charge in [0, 0.05) is 0 Å². The minimum Gasteiger partial charge on any atom is -0.0888 e. The lowest BCUT2D eigenvalue weighted by atomic mass is 10.1. The molecule has 0 heterocycles. The molecule has 0 N–H and O–H groups in total. The average Bonchev–Trinajstić information content (AvgIpc) is 2.43. The Morgan fingerprint density at radius 1 is 0.526 bits per heavy atom. The second-order valence-corrected chi connectivity index (χ2v) is 4.90. The third kappa shape index (κ3) is 17.0. The standard InChI is InChI=1S/C19H32/c1-3-5-7-9-11-13-15-17-19-18-16-14-12-10-8-6-4-2/h5,7,10,12,14,16,18-19H,3-4,6,8-9,11,13,15,17H2,1-2H3/b7-5+,12-10+,16-14+,19-18+. The Kier molecular flexibility index (Phi) is 16.0. The van der Waals surface area contributed by atoms with Crippen LogP contribution in [0, 0.1) is 0 Å². The fraction of sp³-hybridized carbons (Fsp3) is 0.579. The largest absolute Gasteiger partial charge is 0.0888 e. The van der Waals surface area contributed by atoms with Gasteiger partial charge in [0.1, 0.15) is 0 Å². The van der Waals surface area contributed by atoms with Crippen molar-refractivity contribution in [2.75, 3.05) is 0 Å². The van der Waals surface area contributed by atoms with Gasteiger partial charge in [-0.3, -0.25) is 0 Å². The molecule has 0 aliphatic heterocycles. The zero-order chi connectivity index (χ0) is 14.0. The van der Waals surface area contributed by atoms with Gasteiger partial charge in [-0.15, -0.1) is 0 Å². The fourth-order valence-corrected chi connectivity index (χ4v) is 1.79. The summed E-state index contributed by atoms with van der Waals surface area (Å²) in [6.07, 6.45) is 29.1. The predicted octanol–water partition coefficient (Wildman–Crippen LogP) is 6.76. The third-order valence-corrected chi connectivity index (χ3v) is 2.97. The lowest BCUT2D eigenvalue weighted by molar-refractivity contribution is 0.695. The van der Waals surface area contributed by atoms with Gasteiger partial charge in [0.2, 0.25) is 0 Å². The Hall–Kier alpha value is -1.04. The number of hydrogen-bond acceptors (Lipinski definition) is 0. The Balaban J connectivity index is 3.31. The van der Waals surface area contributed by atoms with Crippen molar-refractivity contribution >= 4 is 0 Å². The number of rotatable bonds is 12. The molecule has 0 fully saturated rings. The number of allylic oxidation sites excluding steroid dienone is 8. The van der Waals surface area contributed by atoms with Gasteiger partial charge in [-0.1, -0.05) is 81.7 Å². The van der Waals surface area contributed by atoms with Crippen LogP contribution in [0.1, 0.15) is 71.6 Å². The first kappa shape index (κ1) is 18.0. The van der Waals surface area contributed by atoms with Gasteiger partial charge >= 0.3 is 0 Å². The van der Waals surface area contributed by atoms with E-state index in [4.69, 9.17) is 0 Å². The first-order chi connectivity index (χ1) is 9.41. The van der Waals surface area contributed by atoms with Crippen molar-refractivity contribution in [2.45, 2.75) is 71.6 Å². The number of unbranched alkanes of at least 4 members (excludes halogenated alkanes) is 6. The smallest absolute Gasteiger partial charge is 0.0348 e. The molecule has 0 aromatic heterocycles. The predicted molar refractivity (Wildman–Crippen MR) is 89.5 cm³/mol. The Labute approximate surface area is 121 Å². The summed E-state index contributed by atoms with van der Waals surface area (Å²) in [5, 5.41) is 0. The van der Waals surface area contributed by atoms with Crippen LogP contribution >= 0.6 is 0 Å². The highest BCUT2D eigenvalue weighted by Crippen LogP contribution is 2.04. The minimum absolute atomic E-state index is 1.17. The van der Waals surface area contributed by atoms with Crippen molar-refractivity contribution in [2.24, 2.45) is 0 Å². The van der Waals surface area contributed by atoms with E-state index in [2.05, 4.69) is 62.5 Å². The van der Waals surface area contributed by atoms with Crippen LogP contribution in [0.3, 0.4) is 0 Å². The van der Waals surface area contributed by atoms with E-state index in [1.165, 1.54) is 57.8 Å². The van der Waals surface area contributed by atoms with Crippen LogP contribution in [0.4, 0.5) is 0 Å². The third-order valence-electron chi connectivity index (χ3n) is 2.97. The summed E-state index contributed by atoms with van der Waals surface area (Å²) < 4.78 is 0. The summed E-state index contributed by atoms with van der Waals surface area (Å²) in [5.74, 6) is 0. The molecule has 0 saturated carbocycles. The van der Waals surface area contributed by atoms with E-state index in [0.717, 1.165) is 0 Å². The molecule has 0 radical (unpaired) electrons. The first-order valence-corrected chi connectivity index (χ1v) is 8.05. The van der Waals surface area contributed by atoms with Crippen molar-refractivity contribution < 1.29 is 0 Å². The van der Waals surface area contributed by atoms with E-state index in [1.54, 1.807) is 0 Å². The molecule has 0 atom stereocenters. The van der Waals surface area contributed by atoms with Crippen LogP contribution in [0.5, 0.6) is 0 Å². The summed E-state index contributed by atoms with van der Waals surface area (Å²) in [6, 6.07) is 0. The molecule has 108 valence electrons. The Bertz CT molecular complexity index is 266. The summed E-state index contributed by atoms with van der Waals surface area (Å²) >= 11 is 0. The van der Waals surface area contributed by atoms with Gasteiger partial charge in [0.05, 0.1) is 0 Å². The Morgan fingerprint density at radius 2 is 1.11 bits per heavy atom. The second-order valence-electron chi connectivity index (χ2n) is 4.90. The maximum absolute atomic E-state index is 2.31. The van der Waals surface area contributed by atoms with Crippen molar-refractivity contribution in [3.05, 3.63) is 48.6 Å². The molecule has 0 aromatic rings. The first-order valence-electron chi connectivity index (χ1n) is 8.05. The van der Waals surface area contributed by atoms with Crippen LogP contribution in [0.15, 0.2) is 48.6 Å². The summed E-state index contributed by atoms with van der Waals surface area (Å²) in [5.41, 5.74) is 0. The molecule has 0 aromatic carbocycles. The van der Waals surface area contributed by atoms with Crippen molar-refractivity contribution in [1.82, 2.24) is 0 Å². The maximum Gasteiger partial charge on any atom is -0.0348 e. The van der Waals surface area contributed by atoms with Gasteiger partial charge in [-0.2, -0.15) is 0 Å². The van der Waals surface area contributed by atoms with Crippen LogP contribution in [-0.4, -0.2) is 0 Å². The molecule has 0 saturated heterocycles. The molecule has 0 unspecified atom stereocenters. The van der Waals surface area contributed by atoms with Crippen molar-refractivity contribution in [3.8, 4) is 0 Å². The molecular weight excluding hydrogens is 228 g/mol. The fourth-order valence-electron chi connectivity index (χ4n) is 1.79. The van der Waals surface area contributed by atoms with E-state index in [-0.39, 0.29) is 0 Å². The molecule has 0 aliphatic rings. The zero-order valence-electron chi connectivity index (χ0n) is 13.0. The van der Waals surface area contributed by atoms with E-state index < -0.39 is 0 Å². The van der Waals surface area contributed by atoms with Gasteiger partial charge in [0.25, 0.3) is 0 Å². The van der Waals surface area contributed by atoms with Gasteiger partial charge in [0.15, 0.2) is 0 Å². The second kappa shape index (κ2) is 17.0. The summed E-state index contributed by atoms with van der Waals surface area (Å²) in [6.45, 7) is 4.42. The molecule has 0 amide bonds. The van der Waals surface area contributed by atoms with Crippen molar-refractivity contribution in [3.63, 3.8) is 0 Å². The highest BCUT2D eigenvalue weighted by atomic mass is 13.9. The summed E-state index contributed by atoms with van der Waals surface area (Å²) in [4.78, 5) is 0. The van der Waals surface area contributed by atoms with E-state index in [0.29, 0.717) is 0 Å². The zero-order valence-corrected chi connectivity index (χ0v) is 13.0. The molecule has 0 bridgehead atoms. The molecule has 0 heteroatoms. The topological polar surface area (TPSA) is 0 Å². The van der Waals surface area contributed by atoms with E-state index >= 15 is 0 Å². The molecule has 0 nitrogen and oxygen atoms in total. The highest BCUT2D eigenvalue weighted by Gasteiger charge is 1.84. The Morgan fingerprint density at radius 3 is 1.68 bits per heavy atom. The number of hydrogen-bond donors (Lipinski definition) is 0. The van der Waals surface area contributed by atoms with Crippen LogP contribution in [0.2, 0.25) is 0 Å². The molecule has 0 aliphatic carbocycles. The van der Waals surface area contributed by atoms with E-state index in [9.17, 15) is 0 Å². The normalized spacial score (nSPS) is 12.7. The lowest BCUT2D eigenvalue weighted by Crippen LogP contribution is -1.74. The molecule has 19 heavy (non-hydrogen) atoms. The van der Waals surface area contributed by atoms with Crippen molar-refractivity contribution in [1.29, 1.82) is 0 Å². The van der Waals surface area contributed by atoms with Crippen LogP contribution < -0.4 is 0 Å². The van der Waals surface area contributed by atoms with E-state index in [1.807, 2.05) is 0 Å². The van der Waals surface area contributed by atoms with Gasteiger partial charge < -0.3 is 0 Å². The average molecular weight is 260 g/mol. The molecular formula is C19H32. The monoisotopic (exact) mass is 260 g/mol. The maximum atomic E-state index is 2.31. The van der Waals surface area contributed by atoms with Gasteiger partial charge in [-0.05, 0) is 38.5 Å². The SMILES string of the molecule is CC/C=C/CCCCC/C=C/C=C/C=C/CCCC. The lowest BCUT2D eigenvalue weighted by Gasteiger charge is -1.94. The molecule has 0 rings (SSSR count).